The number of fused-ring (bicyclic) bond motifs is 3. The Labute approximate surface area is 203 Å². The zero-order valence-electron chi connectivity index (χ0n) is 20.9. The molecule has 0 aliphatic carbocycles. The Morgan fingerprint density at radius 3 is 2.79 bits per heavy atom. The number of carbonyl (C=O) groups excluding carboxylic acids is 2. The highest BCUT2D eigenvalue weighted by atomic mass is 16.5. The lowest BCUT2D eigenvalue weighted by Crippen LogP contribution is -2.49. The van der Waals surface area contributed by atoms with Crippen molar-refractivity contribution in [3.63, 3.8) is 0 Å². The van der Waals surface area contributed by atoms with E-state index >= 15 is 0 Å². The van der Waals surface area contributed by atoms with Gasteiger partial charge in [-0.2, -0.15) is 5.10 Å². The molecule has 2 aliphatic rings. The van der Waals surface area contributed by atoms with Crippen LogP contribution in [0.1, 0.15) is 61.0 Å². The maximum atomic E-state index is 13.4. The average molecular weight is 467 g/mol. The van der Waals surface area contributed by atoms with E-state index in [0.717, 1.165) is 61.3 Å². The van der Waals surface area contributed by atoms with E-state index < -0.39 is 0 Å². The van der Waals surface area contributed by atoms with Gasteiger partial charge in [0.2, 0.25) is 11.8 Å². The zero-order chi connectivity index (χ0) is 24.1. The predicted octanol–water partition coefficient (Wildman–Crippen LogP) is 3.59. The number of benzene rings is 1. The lowest BCUT2D eigenvalue weighted by Gasteiger charge is -2.37. The predicted molar refractivity (Wildman–Crippen MR) is 132 cm³/mol. The molecule has 2 bridgehead atoms. The molecule has 4 rings (SSSR count). The number of ether oxygens (including phenoxy) is 1. The quantitative estimate of drug-likeness (QED) is 0.693. The molecule has 7 heteroatoms. The molecule has 1 aromatic carbocycles. The fourth-order valence-electron chi connectivity index (χ4n) is 5.31. The van der Waals surface area contributed by atoms with Gasteiger partial charge in [0.25, 0.3) is 0 Å². The SMILES string of the molecule is Cc1nn(C)c(C)c1CCC(=O)N1CCCOc2cccc(c2)CCC2CCCCN2C(=O)C1. The summed E-state index contributed by atoms with van der Waals surface area (Å²) in [5, 5.41) is 4.47. The van der Waals surface area contributed by atoms with Crippen molar-refractivity contribution in [1.29, 1.82) is 0 Å². The third-order valence-electron chi connectivity index (χ3n) is 7.38. The van der Waals surface area contributed by atoms with E-state index in [1.807, 2.05) is 42.6 Å². The van der Waals surface area contributed by atoms with Crippen LogP contribution in [-0.2, 0) is 29.5 Å². The molecule has 184 valence electrons. The van der Waals surface area contributed by atoms with Crippen LogP contribution in [0.4, 0.5) is 0 Å². The lowest BCUT2D eigenvalue weighted by atomic mass is 9.95. The lowest BCUT2D eigenvalue weighted by molar-refractivity contribution is -0.143. The Hall–Kier alpha value is -2.83. The molecule has 0 N–H and O–H groups in total. The van der Waals surface area contributed by atoms with Crippen molar-refractivity contribution in [2.75, 3.05) is 26.2 Å². The molecule has 1 saturated heterocycles. The number of nitrogens with zero attached hydrogens (tertiary/aromatic N) is 4. The number of aryl methyl sites for hydroxylation is 3. The minimum atomic E-state index is 0.0265. The number of aromatic nitrogens is 2. The topological polar surface area (TPSA) is 67.7 Å². The standard InChI is InChI=1S/C27H38N4O3/c1-20-25(21(2)29(3)28-20)13-14-26(32)30-15-7-17-34-24-10-6-8-22(18-24)11-12-23-9-4-5-16-31(23)27(33)19-30/h6,8,10,18,23H,4-5,7,9,11-17,19H2,1-3H3. The molecule has 7 nitrogen and oxygen atoms in total. The van der Waals surface area contributed by atoms with Crippen LogP contribution in [0.2, 0.25) is 0 Å². The van der Waals surface area contributed by atoms with Crippen molar-refractivity contribution in [2.45, 2.75) is 71.3 Å². The van der Waals surface area contributed by atoms with E-state index in [9.17, 15) is 9.59 Å². The number of piperidine rings is 1. The summed E-state index contributed by atoms with van der Waals surface area (Å²) in [5.41, 5.74) is 4.44. The van der Waals surface area contributed by atoms with Crippen molar-refractivity contribution in [3.8, 4) is 5.75 Å². The van der Waals surface area contributed by atoms with Crippen LogP contribution >= 0.6 is 0 Å². The normalized spacial score (nSPS) is 19.9. The highest BCUT2D eigenvalue weighted by Gasteiger charge is 2.29. The third-order valence-corrected chi connectivity index (χ3v) is 7.38. The maximum absolute atomic E-state index is 13.4. The van der Waals surface area contributed by atoms with E-state index in [4.69, 9.17) is 4.74 Å². The Bertz CT molecular complexity index is 1020. The van der Waals surface area contributed by atoms with E-state index in [1.165, 1.54) is 5.56 Å². The average Bonchev–Trinajstić information content (AvgIpc) is 3.08. The molecule has 3 heterocycles. The third kappa shape index (κ3) is 5.80. The number of amides is 2. The fourth-order valence-corrected chi connectivity index (χ4v) is 5.31. The van der Waals surface area contributed by atoms with Crippen molar-refractivity contribution in [3.05, 3.63) is 46.8 Å². The van der Waals surface area contributed by atoms with Gasteiger partial charge in [0, 0.05) is 38.3 Å². The van der Waals surface area contributed by atoms with Gasteiger partial charge in [-0.3, -0.25) is 14.3 Å². The molecule has 0 spiro atoms. The summed E-state index contributed by atoms with van der Waals surface area (Å²) in [6.07, 6.45) is 6.83. The first-order chi connectivity index (χ1) is 16.4. The van der Waals surface area contributed by atoms with Gasteiger partial charge >= 0.3 is 0 Å². The summed E-state index contributed by atoms with van der Waals surface area (Å²) < 4.78 is 7.84. The van der Waals surface area contributed by atoms with Crippen molar-refractivity contribution in [2.24, 2.45) is 7.05 Å². The highest BCUT2D eigenvalue weighted by molar-refractivity contribution is 5.85. The van der Waals surface area contributed by atoms with E-state index in [0.29, 0.717) is 32.4 Å². The summed E-state index contributed by atoms with van der Waals surface area (Å²) in [6, 6.07) is 8.53. The summed E-state index contributed by atoms with van der Waals surface area (Å²) in [5.74, 6) is 0.990. The minimum Gasteiger partial charge on any atom is -0.494 e. The van der Waals surface area contributed by atoms with Gasteiger partial charge in [-0.1, -0.05) is 12.1 Å². The van der Waals surface area contributed by atoms with Crippen LogP contribution in [0.25, 0.3) is 0 Å². The number of hydrogen-bond donors (Lipinski definition) is 0. The second-order valence-corrected chi connectivity index (χ2v) is 9.71. The second kappa shape index (κ2) is 11.1. The maximum Gasteiger partial charge on any atom is 0.242 e. The molecule has 1 aromatic heterocycles. The summed E-state index contributed by atoms with van der Waals surface area (Å²) >= 11 is 0. The summed E-state index contributed by atoms with van der Waals surface area (Å²) in [6.45, 7) is 6.02. The first-order valence-electron chi connectivity index (χ1n) is 12.7. The minimum absolute atomic E-state index is 0.0265. The van der Waals surface area contributed by atoms with E-state index in [-0.39, 0.29) is 24.4 Å². The van der Waals surface area contributed by atoms with Gasteiger partial charge in [-0.05, 0) is 82.1 Å². The molecule has 34 heavy (non-hydrogen) atoms. The Morgan fingerprint density at radius 1 is 1.15 bits per heavy atom. The fraction of sp³-hybridized carbons (Fsp3) is 0.593. The molecular formula is C27H38N4O3. The van der Waals surface area contributed by atoms with Gasteiger partial charge in [-0.15, -0.1) is 0 Å². The number of carbonyl (C=O) groups is 2. The smallest absolute Gasteiger partial charge is 0.242 e. The molecule has 1 unspecified atom stereocenters. The Morgan fingerprint density at radius 2 is 2.00 bits per heavy atom. The van der Waals surface area contributed by atoms with Gasteiger partial charge in [-0.25, -0.2) is 0 Å². The highest BCUT2D eigenvalue weighted by Crippen LogP contribution is 2.24. The van der Waals surface area contributed by atoms with Crippen LogP contribution < -0.4 is 4.74 Å². The molecule has 2 aliphatic heterocycles. The molecular weight excluding hydrogens is 428 g/mol. The van der Waals surface area contributed by atoms with Crippen LogP contribution in [0.5, 0.6) is 5.75 Å². The van der Waals surface area contributed by atoms with Gasteiger partial charge < -0.3 is 14.5 Å². The van der Waals surface area contributed by atoms with Crippen LogP contribution in [0, 0.1) is 13.8 Å². The zero-order valence-corrected chi connectivity index (χ0v) is 20.9. The van der Waals surface area contributed by atoms with E-state index in [2.05, 4.69) is 17.2 Å². The van der Waals surface area contributed by atoms with Crippen LogP contribution in [0.15, 0.2) is 24.3 Å². The molecule has 0 saturated carbocycles. The van der Waals surface area contributed by atoms with E-state index in [1.54, 1.807) is 4.90 Å². The second-order valence-electron chi connectivity index (χ2n) is 9.71. The van der Waals surface area contributed by atoms with Crippen molar-refractivity contribution in [1.82, 2.24) is 19.6 Å². The monoisotopic (exact) mass is 466 g/mol. The molecule has 1 fully saturated rings. The first-order valence-corrected chi connectivity index (χ1v) is 12.7. The van der Waals surface area contributed by atoms with Gasteiger partial charge in [0.1, 0.15) is 5.75 Å². The molecule has 0 radical (unpaired) electrons. The summed E-state index contributed by atoms with van der Waals surface area (Å²) in [7, 11) is 1.93. The molecule has 2 aromatic rings. The Balaban J connectivity index is 1.48. The first kappa shape index (κ1) is 24.3. The van der Waals surface area contributed by atoms with Crippen molar-refractivity contribution < 1.29 is 14.3 Å². The molecule has 1 atom stereocenters. The Kier molecular flexibility index (Phi) is 7.91. The van der Waals surface area contributed by atoms with Crippen molar-refractivity contribution >= 4 is 11.8 Å². The largest absolute Gasteiger partial charge is 0.494 e. The number of rotatable bonds is 3. The van der Waals surface area contributed by atoms with Gasteiger partial charge in [0.15, 0.2) is 0 Å². The van der Waals surface area contributed by atoms with Crippen LogP contribution in [-0.4, -0.2) is 63.7 Å². The van der Waals surface area contributed by atoms with Crippen LogP contribution in [0.3, 0.4) is 0 Å². The molecule has 2 amide bonds. The number of hydrogen-bond acceptors (Lipinski definition) is 4. The summed E-state index contributed by atoms with van der Waals surface area (Å²) in [4.78, 5) is 30.5. The van der Waals surface area contributed by atoms with Gasteiger partial charge in [0.05, 0.1) is 18.8 Å².